The molecule has 1 aromatic carbocycles. The van der Waals surface area contributed by atoms with Gasteiger partial charge in [0.1, 0.15) is 5.75 Å². The van der Waals surface area contributed by atoms with E-state index >= 15 is 0 Å². The molecular formula is C14H15F2NO3. The quantitative estimate of drug-likeness (QED) is 0.753. The third-order valence-corrected chi connectivity index (χ3v) is 2.68. The van der Waals surface area contributed by atoms with Crippen molar-refractivity contribution in [1.29, 1.82) is 5.26 Å². The van der Waals surface area contributed by atoms with E-state index in [0.29, 0.717) is 17.5 Å². The standard InChI is InChI=1S/C14H15F2NO3/c1-3-10-11(8-17)9(7-13(18)19-4-2)5-6-12(10)20-14(15)16/h5-6,14H,3-4,7H2,1-2H3. The Morgan fingerprint density at radius 1 is 1.40 bits per heavy atom. The van der Waals surface area contributed by atoms with Crippen molar-refractivity contribution >= 4 is 5.97 Å². The summed E-state index contributed by atoms with van der Waals surface area (Å²) in [6, 6.07) is 4.73. The normalized spacial score (nSPS) is 10.2. The molecule has 0 aliphatic heterocycles. The van der Waals surface area contributed by atoms with E-state index in [9.17, 15) is 18.8 Å². The smallest absolute Gasteiger partial charge is 0.387 e. The molecule has 4 nitrogen and oxygen atoms in total. The molecule has 0 atom stereocenters. The fourth-order valence-corrected chi connectivity index (χ4v) is 1.89. The molecule has 0 aliphatic carbocycles. The van der Waals surface area contributed by atoms with Crippen LogP contribution >= 0.6 is 0 Å². The number of esters is 1. The maximum absolute atomic E-state index is 12.3. The number of carbonyl (C=O) groups excluding carboxylic acids is 1. The summed E-state index contributed by atoms with van der Waals surface area (Å²) in [4.78, 5) is 11.5. The first-order valence-corrected chi connectivity index (χ1v) is 6.18. The Hall–Kier alpha value is -2.16. The molecule has 0 unspecified atom stereocenters. The lowest BCUT2D eigenvalue weighted by Crippen LogP contribution is -2.11. The van der Waals surface area contributed by atoms with Crippen LogP contribution in [0.15, 0.2) is 12.1 Å². The zero-order valence-corrected chi connectivity index (χ0v) is 11.3. The molecule has 0 saturated carbocycles. The molecular weight excluding hydrogens is 268 g/mol. The van der Waals surface area contributed by atoms with Crippen LogP contribution in [0.2, 0.25) is 0 Å². The topological polar surface area (TPSA) is 59.3 Å². The molecule has 6 heteroatoms. The Bertz CT molecular complexity index is 524. The Labute approximate surface area is 115 Å². The highest BCUT2D eigenvalue weighted by Gasteiger charge is 2.17. The van der Waals surface area contributed by atoms with Crippen molar-refractivity contribution in [2.45, 2.75) is 33.3 Å². The SMILES string of the molecule is CCOC(=O)Cc1ccc(OC(F)F)c(CC)c1C#N. The fourth-order valence-electron chi connectivity index (χ4n) is 1.89. The second kappa shape index (κ2) is 7.43. The van der Waals surface area contributed by atoms with Gasteiger partial charge in [-0.05, 0) is 25.0 Å². The number of ether oxygens (including phenoxy) is 2. The second-order valence-electron chi connectivity index (χ2n) is 3.90. The van der Waals surface area contributed by atoms with Crippen LogP contribution in [0.5, 0.6) is 5.75 Å². The van der Waals surface area contributed by atoms with Crippen LogP contribution in [0.1, 0.15) is 30.5 Å². The summed E-state index contributed by atoms with van der Waals surface area (Å²) in [6.07, 6.45) is 0.278. The van der Waals surface area contributed by atoms with Gasteiger partial charge in [-0.25, -0.2) is 0 Å². The highest BCUT2D eigenvalue weighted by Crippen LogP contribution is 2.27. The van der Waals surface area contributed by atoms with E-state index < -0.39 is 12.6 Å². The van der Waals surface area contributed by atoms with Gasteiger partial charge in [-0.15, -0.1) is 0 Å². The number of alkyl halides is 2. The molecule has 0 amide bonds. The summed E-state index contributed by atoms with van der Waals surface area (Å²) in [6.45, 7) is 0.694. The Kier molecular flexibility index (Phi) is 5.91. The van der Waals surface area contributed by atoms with Gasteiger partial charge < -0.3 is 9.47 Å². The monoisotopic (exact) mass is 283 g/mol. The van der Waals surface area contributed by atoms with Gasteiger partial charge in [0.25, 0.3) is 0 Å². The lowest BCUT2D eigenvalue weighted by molar-refractivity contribution is -0.142. The molecule has 108 valence electrons. The van der Waals surface area contributed by atoms with Gasteiger partial charge in [0, 0.05) is 5.56 Å². The lowest BCUT2D eigenvalue weighted by Gasteiger charge is -2.13. The van der Waals surface area contributed by atoms with Crippen molar-refractivity contribution < 1.29 is 23.0 Å². The van der Waals surface area contributed by atoms with E-state index in [-0.39, 0.29) is 24.3 Å². The van der Waals surface area contributed by atoms with Crippen molar-refractivity contribution in [3.63, 3.8) is 0 Å². The molecule has 0 aromatic heterocycles. The molecule has 1 rings (SSSR count). The maximum atomic E-state index is 12.3. The Morgan fingerprint density at radius 3 is 2.60 bits per heavy atom. The number of rotatable bonds is 6. The average molecular weight is 283 g/mol. The van der Waals surface area contributed by atoms with Gasteiger partial charge in [-0.2, -0.15) is 14.0 Å². The van der Waals surface area contributed by atoms with Crippen LogP contribution in [0.25, 0.3) is 0 Å². The van der Waals surface area contributed by atoms with E-state index in [4.69, 9.17) is 4.74 Å². The fraction of sp³-hybridized carbons (Fsp3) is 0.429. The molecule has 0 aliphatic rings. The summed E-state index contributed by atoms with van der Waals surface area (Å²) >= 11 is 0. The van der Waals surface area contributed by atoms with Crippen LogP contribution in [0.4, 0.5) is 8.78 Å². The van der Waals surface area contributed by atoms with Crippen molar-refractivity contribution in [3.8, 4) is 11.8 Å². The van der Waals surface area contributed by atoms with Crippen LogP contribution < -0.4 is 4.74 Å². The number of benzene rings is 1. The van der Waals surface area contributed by atoms with Gasteiger partial charge >= 0.3 is 12.6 Å². The number of hydrogen-bond donors (Lipinski definition) is 0. The van der Waals surface area contributed by atoms with E-state index in [2.05, 4.69) is 4.74 Å². The summed E-state index contributed by atoms with van der Waals surface area (Å²) < 4.78 is 33.8. The van der Waals surface area contributed by atoms with Crippen LogP contribution in [-0.4, -0.2) is 19.2 Å². The predicted molar refractivity (Wildman–Crippen MR) is 67.5 cm³/mol. The van der Waals surface area contributed by atoms with Crippen LogP contribution in [0.3, 0.4) is 0 Å². The Balaban J connectivity index is 3.15. The van der Waals surface area contributed by atoms with Crippen molar-refractivity contribution in [1.82, 2.24) is 0 Å². The van der Waals surface area contributed by atoms with E-state index in [1.54, 1.807) is 13.8 Å². The Morgan fingerprint density at radius 2 is 2.10 bits per heavy atom. The number of nitriles is 1. The van der Waals surface area contributed by atoms with Gasteiger partial charge in [0.05, 0.1) is 24.7 Å². The molecule has 1 aromatic rings. The molecule has 0 fully saturated rings. The minimum absolute atomic E-state index is 0.0355. The third-order valence-electron chi connectivity index (χ3n) is 2.68. The lowest BCUT2D eigenvalue weighted by atomic mass is 9.97. The van der Waals surface area contributed by atoms with Gasteiger partial charge in [-0.1, -0.05) is 13.0 Å². The number of carbonyl (C=O) groups is 1. The largest absolute Gasteiger partial charge is 0.466 e. The van der Waals surface area contributed by atoms with E-state index in [1.807, 2.05) is 6.07 Å². The summed E-state index contributed by atoms with van der Waals surface area (Å²) in [5, 5.41) is 9.19. The van der Waals surface area contributed by atoms with Crippen LogP contribution in [0, 0.1) is 11.3 Å². The maximum Gasteiger partial charge on any atom is 0.387 e. The minimum Gasteiger partial charge on any atom is -0.466 e. The third kappa shape index (κ3) is 3.92. The first-order chi connectivity index (χ1) is 9.53. The summed E-state index contributed by atoms with van der Waals surface area (Å²) in [5.74, 6) is -0.500. The second-order valence-corrected chi connectivity index (χ2v) is 3.90. The number of nitrogens with zero attached hydrogens (tertiary/aromatic N) is 1. The summed E-state index contributed by atoms with van der Waals surface area (Å²) in [5.41, 5.74) is 1.01. The molecule has 0 saturated heterocycles. The molecule has 0 radical (unpaired) electrons. The van der Waals surface area contributed by atoms with Crippen molar-refractivity contribution in [3.05, 3.63) is 28.8 Å². The average Bonchev–Trinajstić information content (AvgIpc) is 2.39. The number of hydrogen-bond acceptors (Lipinski definition) is 4. The van der Waals surface area contributed by atoms with Crippen molar-refractivity contribution in [2.75, 3.05) is 6.61 Å². The van der Waals surface area contributed by atoms with Crippen molar-refractivity contribution in [2.24, 2.45) is 0 Å². The first kappa shape index (κ1) is 15.9. The highest BCUT2D eigenvalue weighted by molar-refractivity contribution is 5.74. The van der Waals surface area contributed by atoms with Gasteiger partial charge in [0.15, 0.2) is 0 Å². The zero-order chi connectivity index (χ0) is 15.1. The molecule has 0 N–H and O–H groups in total. The van der Waals surface area contributed by atoms with Gasteiger partial charge in [-0.3, -0.25) is 4.79 Å². The highest BCUT2D eigenvalue weighted by atomic mass is 19.3. The zero-order valence-electron chi connectivity index (χ0n) is 11.3. The molecule has 20 heavy (non-hydrogen) atoms. The minimum atomic E-state index is -2.96. The predicted octanol–water partition coefficient (Wildman–Crippen LogP) is 2.83. The molecule has 0 heterocycles. The van der Waals surface area contributed by atoms with E-state index in [0.717, 1.165) is 0 Å². The molecule has 0 spiro atoms. The molecule has 0 bridgehead atoms. The van der Waals surface area contributed by atoms with Gasteiger partial charge in [0.2, 0.25) is 0 Å². The summed E-state index contributed by atoms with van der Waals surface area (Å²) in [7, 11) is 0. The van der Waals surface area contributed by atoms with Crippen LogP contribution in [-0.2, 0) is 22.4 Å². The first-order valence-electron chi connectivity index (χ1n) is 6.18. The number of halogens is 2. The van der Waals surface area contributed by atoms with E-state index in [1.165, 1.54) is 12.1 Å².